The van der Waals surface area contributed by atoms with Crippen LogP contribution in [0.5, 0.6) is 0 Å². The first-order valence-electron chi connectivity index (χ1n) is 4.81. The molecule has 0 saturated carbocycles. The molecule has 2 aromatic rings. The van der Waals surface area contributed by atoms with Crippen molar-refractivity contribution in [1.82, 2.24) is 9.97 Å². The molecule has 0 fully saturated rings. The van der Waals surface area contributed by atoms with E-state index in [0.717, 1.165) is 0 Å². The van der Waals surface area contributed by atoms with Gasteiger partial charge < -0.3 is 0 Å². The Morgan fingerprint density at radius 1 is 1.29 bits per heavy atom. The SMILES string of the molecule is Cc1cc(C#N)nc(-c2ccc(F)c(Br)c2)n1. The average molecular weight is 292 g/mol. The molecule has 0 aliphatic heterocycles. The molecule has 0 aliphatic rings. The van der Waals surface area contributed by atoms with Gasteiger partial charge in [-0.3, -0.25) is 0 Å². The van der Waals surface area contributed by atoms with E-state index in [-0.39, 0.29) is 5.82 Å². The second-order valence-corrected chi connectivity index (χ2v) is 4.31. The molecule has 0 bridgehead atoms. The van der Waals surface area contributed by atoms with Crippen LogP contribution in [-0.2, 0) is 0 Å². The van der Waals surface area contributed by atoms with Crippen LogP contribution in [-0.4, -0.2) is 9.97 Å². The maximum atomic E-state index is 13.1. The molecule has 1 aromatic carbocycles. The van der Waals surface area contributed by atoms with Gasteiger partial charge in [-0.1, -0.05) is 0 Å². The Bertz CT molecular complexity index is 620. The second-order valence-electron chi connectivity index (χ2n) is 3.46. The van der Waals surface area contributed by atoms with Crippen molar-refractivity contribution in [2.75, 3.05) is 0 Å². The van der Waals surface area contributed by atoms with Crippen LogP contribution in [0.1, 0.15) is 11.4 Å². The molecule has 5 heteroatoms. The largest absolute Gasteiger partial charge is 0.233 e. The first-order valence-corrected chi connectivity index (χ1v) is 5.60. The first-order chi connectivity index (χ1) is 8.10. The summed E-state index contributed by atoms with van der Waals surface area (Å²) in [6.07, 6.45) is 0. The van der Waals surface area contributed by atoms with Gasteiger partial charge >= 0.3 is 0 Å². The molecule has 0 N–H and O–H groups in total. The van der Waals surface area contributed by atoms with Gasteiger partial charge in [-0.15, -0.1) is 0 Å². The minimum Gasteiger partial charge on any atom is -0.233 e. The van der Waals surface area contributed by atoms with Crippen LogP contribution in [0.4, 0.5) is 4.39 Å². The van der Waals surface area contributed by atoms with Crippen molar-refractivity contribution < 1.29 is 4.39 Å². The van der Waals surface area contributed by atoms with Gasteiger partial charge in [-0.25, -0.2) is 14.4 Å². The van der Waals surface area contributed by atoms with Gasteiger partial charge in [0.05, 0.1) is 4.47 Å². The Labute approximate surface area is 106 Å². The normalized spacial score (nSPS) is 10.0. The van der Waals surface area contributed by atoms with Crippen LogP contribution < -0.4 is 0 Å². The number of aromatic nitrogens is 2. The predicted molar refractivity (Wildman–Crippen MR) is 64.6 cm³/mol. The number of benzene rings is 1. The lowest BCUT2D eigenvalue weighted by Gasteiger charge is -2.03. The van der Waals surface area contributed by atoms with Gasteiger partial charge in [-0.05, 0) is 47.1 Å². The van der Waals surface area contributed by atoms with Crippen molar-refractivity contribution in [3.8, 4) is 17.5 Å². The molecular weight excluding hydrogens is 285 g/mol. The highest BCUT2D eigenvalue weighted by Gasteiger charge is 2.07. The number of halogens is 2. The van der Waals surface area contributed by atoms with E-state index in [1.165, 1.54) is 6.07 Å². The summed E-state index contributed by atoms with van der Waals surface area (Å²) in [5.41, 5.74) is 1.67. The lowest BCUT2D eigenvalue weighted by molar-refractivity contribution is 0.621. The molecule has 1 heterocycles. The minimum atomic E-state index is -0.345. The van der Waals surface area contributed by atoms with Crippen LogP contribution in [0.15, 0.2) is 28.7 Å². The smallest absolute Gasteiger partial charge is 0.160 e. The summed E-state index contributed by atoms with van der Waals surface area (Å²) in [4.78, 5) is 8.29. The van der Waals surface area contributed by atoms with E-state index in [2.05, 4.69) is 25.9 Å². The Morgan fingerprint density at radius 2 is 2.06 bits per heavy atom. The fourth-order valence-electron chi connectivity index (χ4n) is 1.39. The second kappa shape index (κ2) is 4.60. The van der Waals surface area contributed by atoms with Gasteiger partial charge in [0.2, 0.25) is 0 Å². The Hall–Kier alpha value is -1.80. The van der Waals surface area contributed by atoms with Crippen molar-refractivity contribution >= 4 is 15.9 Å². The highest BCUT2D eigenvalue weighted by molar-refractivity contribution is 9.10. The number of nitrogens with zero attached hydrogens (tertiary/aromatic N) is 3. The maximum absolute atomic E-state index is 13.1. The Kier molecular flexibility index (Phi) is 3.16. The van der Waals surface area contributed by atoms with Crippen LogP contribution >= 0.6 is 15.9 Å². The van der Waals surface area contributed by atoms with Gasteiger partial charge in [0.15, 0.2) is 5.82 Å². The fourth-order valence-corrected chi connectivity index (χ4v) is 1.77. The van der Waals surface area contributed by atoms with Gasteiger partial charge in [0, 0.05) is 11.3 Å². The summed E-state index contributed by atoms with van der Waals surface area (Å²) in [5.74, 6) is 0.0733. The third-order valence-corrected chi connectivity index (χ3v) is 2.75. The highest BCUT2D eigenvalue weighted by atomic mass is 79.9. The molecule has 17 heavy (non-hydrogen) atoms. The van der Waals surface area contributed by atoms with E-state index in [1.807, 2.05) is 6.07 Å². The van der Waals surface area contributed by atoms with E-state index in [9.17, 15) is 4.39 Å². The zero-order chi connectivity index (χ0) is 12.4. The first kappa shape index (κ1) is 11.7. The van der Waals surface area contributed by atoms with Gasteiger partial charge in [-0.2, -0.15) is 5.26 Å². The molecule has 0 unspecified atom stereocenters. The zero-order valence-corrected chi connectivity index (χ0v) is 10.5. The van der Waals surface area contributed by atoms with E-state index in [1.54, 1.807) is 25.1 Å². The molecule has 0 aliphatic carbocycles. The quantitative estimate of drug-likeness (QED) is 0.810. The number of hydrogen-bond acceptors (Lipinski definition) is 3. The third kappa shape index (κ3) is 2.48. The third-order valence-electron chi connectivity index (χ3n) is 2.15. The molecule has 0 amide bonds. The predicted octanol–water partition coefficient (Wildman–Crippen LogP) is 3.23. The van der Waals surface area contributed by atoms with Crippen LogP contribution in [0.3, 0.4) is 0 Å². The van der Waals surface area contributed by atoms with Crippen molar-refractivity contribution in [3.05, 3.63) is 45.9 Å². The van der Waals surface area contributed by atoms with Crippen LogP contribution in [0.2, 0.25) is 0 Å². The fraction of sp³-hybridized carbons (Fsp3) is 0.0833. The summed E-state index contributed by atoms with van der Waals surface area (Å²) >= 11 is 3.10. The van der Waals surface area contributed by atoms with Gasteiger partial charge in [0.1, 0.15) is 17.6 Å². The lowest BCUT2D eigenvalue weighted by Crippen LogP contribution is -1.95. The van der Waals surface area contributed by atoms with E-state index >= 15 is 0 Å². The summed E-state index contributed by atoms with van der Waals surface area (Å²) < 4.78 is 13.4. The number of aryl methyl sites for hydroxylation is 1. The molecular formula is C12H7BrFN3. The average Bonchev–Trinajstić information content (AvgIpc) is 2.32. The minimum absolute atomic E-state index is 0.299. The van der Waals surface area contributed by atoms with Crippen molar-refractivity contribution in [2.24, 2.45) is 0 Å². The number of rotatable bonds is 1. The van der Waals surface area contributed by atoms with Crippen molar-refractivity contribution in [1.29, 1.82) is 5.26 Å². The molecule has 1 aromatic heterocycles. The molecule has 0 radical (unpaired) electrons. The van der Waals surface area contributed by atoms with E-state index in [0.29, 0.717) is 27.2 Å². The summed E-state index contributed by atoms with van der Waals surface area (Å²) in [6, 6.07) is 8.06. The topological polar surface area (TPSA) is 49.6 Å². The Balaban J connectivity index is 2.56. The monoisotopic (exact) mass is 291 g/mol. The van der Waals surface area contributed by atoms with Crippen LogP contribution in [0.25, 0.3) is 11.4 Å². The van der Waals surface area contributed by atoms with Crippen LogP contribution in [0, 0.1) is 24.1 Å². The molecule has 2 rings (SSSR count). The summed E-state index contributed by atoms with van der Waals surface area (Å²) in [5, 5.41) is 8.82. The molecule has 0 spiro atoms. The molecule has 0 atom stereocenters. The standard InChI is InChI=1S/C12H7BrFN3/c1-7-4-9(6-15)17-12(16-7)8-2-3-11(14)10(13)5-8/h2-5H,1H3. The summed E-state index contributed by atoms with van der Waals surface area (Å²) in [6.45, 7) is 1.78. The Morgan fingerprint density at radius 3 is 2.71 bits per heavy atom. The summed E-state index contributed by atoms with van der Waals surface area (Å²) in [7, 11) is 0. The van der Waals surface area contributed by atoms with E-state index in [4.69, 9.17) is 5.26 Å². The number of nitriles is 1. The van der Waals surface area contributed by atoms with Crippen molar-refractivity contribution in [2.45, 2.75) is 6.92 Å². The molecule has 84 valence electrons. The van der Waals surface area contributed by atoms with E-state index < -0.39 is 0 Å². The number of hydrogen-bond donors (Lipinski definition) is 0. The molecule has 0 saturated heterocycles. The molecule has 3 nitrogen and oxygen atoms in total. The van der Waals surface area contributed by atoms with Crippen molar-refractivity contribution in [3.63, 3.8) is 0 Å². The lowest BCUT2D eigenvalue weighted by atomic mass is 10.2. The maximum Gasteiger partial charge on any atom is 0.160 e. The highest BCUT2D eigenvalue weighted by Crippen LogP contribution is 2.23. The van der Waals surface area contributed by atoms with Gasteiger partial charge in [0.25, 0.3) is 0 Å². The zero-order valence-electron chi connectivity index (χ0n) is 8.91.